The van der Waals surface area contributed by atoms with Crippen LogP contribution in [0.4, 0.5) is 5.69 Å². The zero-order valence-corrected chi connectivity index (χ0v) is 20.1. The Hall–Kier alpha value is -3.50. The summed E-state index contributed by atoms with van der Waals surface area (Å²) in [4.78, 5) is 21.0. The first-order valence-electron chi connectivity index (χ1n) is 12.0. The van der Waals surface area contributed by atoms with Crippen molar-refractivity contribution in [3.8, 4) is 0 Å². The van der Waals surface area contributed by atoms with Gasteiger partial charge in [0.25, 0.3) is 5.91 Å². The lowest BCUT2D eigenvalue weighted by atomic mass is 9.87. The summed E-state index contributed by atoms with van der Waals surface area (Å²) >= 11 is 0. The summed E-state index contributed by atoms with van der Waals surface area (Å²) in [5.41, 5.74) is 7.12. The van der Waals surface area contributed by atoms with E-state index >= 15 is 0 Å². The van der Waals surface area contributed by atoms with Crippen molar-refractivity contribution in [2.75, 3.05) is 11.9 Å². The first-order chi connectivity index (χ1) is 16.4. The molecule has 0 saturated carbocycles. The Morgan fingerprint density at radius 1 is 0.941 bits per heavy atom. The number of aromatic nitrogens is 1. The summed E-state index contributed by atoms with van der Waals surface area (Å²) in [6.07, 6.45) is 0.841. The number of hydrogen-bond donors (Lipinski definition) is 1. The van der Waals surface area contributed by atoms with Crippen molar-refractivity contribution in [2.45, 2.75) is 45.7 Å². The molecule has 3 aromatic carbocycles. The van der Waals surface area contributed by atoms with Crippen LogP contribution < -0.4 is 5.32 Å². The Labute approximate surface area is 201 Å². The summed E-state index contributed by atoms with van der Waals surface area (Å²) in [6, 6.07) is 26.7. The molecule has 0 spiro atoms. The molecular weight excluding hydrogens is 418 g/mol. The van der Waals surface area contributed by atoms with Gasteiger partial charge < -0.3 is 5.32 Å². The van der Waals surface area contributed by atoms with Crippen molar-refractivity contribution in [3.63, 3.8) is 0 Å². The topological polar surface area (TPSA) is 45.2 Å². The molecule has 0 atom stereocenters. The molecule has 0 radical (unpaired) electrons. The van der Waals surface area contributed by atoms with Crippen LogP contribution in [-0.4, -0.2) is 22.3 Å². The van der Waals surface area contributed by atoms with E-state index in [2.05, 4.69) is 67.4 Å². The normalized spacial score (nSPS) is 14.1. The number of nitrogens with zero attached hydrogens (tertiary/aromatic N) is 2. The van der Waals surface area contributed by atoms with Crippen LogP contribution in [0.1, 0.15) is 53.5 Å². The minimum absolute atomic E-state index is 0.0695. The van der Waals surface area contributed by atoms with E-state index in [-0.39, 0.29) is 11.3 Å². The Balaban J connectivity index is 1.48. The summed E-state index contributed by atoms with van der Waals surface area (Å²) in [7, 11) is 0. The second kappa shape index (κ2) is 9.03. The molecule has 0 aliphatic carbocycles. The van der Waals surface area contributed by atoms with E-state index in [1.165, 1.54) is 11.1 Å². The van der Waals surface area contributed by atoms with Crippen molar-refractivity contribution >= 4 is 22.5 Å². The van der Waals surface area contributed by atoms with Crippen LogP contribution in [0.3, 0.4) is 0 Å². The summed E-state index contributed by atoms with van der Waals surface area (Å²) in [5, 5.41) is 4.07. The number of amides is 1. The number of fused-ring (bicyclic) bond motifs is 2. The monoisotopic (exact) mass is 449 g/mol. The predicted octanol–water partition coefficient (Wildman–Crippen LogP) is 6.34. The summed E-state index contributed by atoms with van der Waals surface area (Å²) in [6.45, 7) is 9.09. The fraction of sp³-hybridized carbons (Fsp3) is 0.267. The van der Waals surface area contributed by atoms with E-state index in [0.717, 1.165) is 52.9 Å². The smallest absolute Gasteiger partial charge is 0.256 e. The van der Waals surface area contributed by atoms with Crippen LogP contribution in [-0.2, 0) is 24.9 Å². The van der Waals surface area contributed by atoms with E-state index in [9.17, 15) is 4.79 Å². The van der Waals surface area contributed by atoms with Gasteiger partial charge in [-0.3, -0.25) is 14.7 Å². The van der Waals surface area contributed by atoms with Crippen LogP contribution in [0.15, 0.2) is 78.9 Å². The van der Waals surface area contributed by atoms with Gasteiger partial charge in [0.05, 0.1) is 11.1 Å². The molecule has 1 amide bonds. The van der Waals surface area contributed by atoms with Crippen molar-refractivity contribution in [2.24, 2.45) is 0 Å². The Morgan fingerprint density at radius 3 is 2.38 bits per heavy atom. The Kier molecular flexibility index (Phi) is 5.93. The maximum absolute atomic E-state index is 13.7. The fourth-order valence-corrected chi connectivity index (χ4v) is 4.73. The molecule has 4 heteroatoms. The predicted molar refractivity (Wildman–Crippen MR) is 139 cm³/mol. The third kappa shape index (κ3) is 4.59. The van der Waals surface area contributed by atoms with Gasteiger partial charge in [0.1, 0.15) is 0 Å². The van der Waals surface area contributed by atoms with Gasteiger partial charge in [-0.25, -0.2) is 0 Å². The maximum Gasteiger partial charge on any atom is 0.256 e. The Morgan fingerprint density at radius 2 is 1.65 bits per heavy atom. The number of anilines is 1. The van der Waals surface area contributed by atoms with Gasteiger partial charge in [-0.2, -0.15) is 0 Å². The standard InChI is InChI=1S/C30H31N3O/c1-30(2,3)22-13-15-23(16-14-22)31-29(34)28-24-11-7-8-12-26(24)32-27-17-18-33(20-25(27)28)19-21-9-5-4-6-10-21/h4-16H,17-20H2,1-3H3,(H,31,34). The van der Waals surface area contributed by atoms with Gasteiger partial charge in [0.15, 0.2) is 0 Å². The lowest BCUT2D eigenvalue weighted by molar-refractivity contribution is 0.102. The van der Waals surface area contributed by atoms with E-state index in [0.29, 0.717) is 6.54 Å². The first kappa shape index (κ1) is 22.3. The third-order valence-electron chi connectivity index (χ3n) is 6.61. The number of nitrogens with one attached hydrogen (secondary N) is 1. The number of hydrogen-bond acceptors (Lipinski definition) is 3. The molecule has 4 aromatic rings. The fourth-order valence-electron chi connectivity index (χ4n) is 4.73. The molecule has 0 unspecified atom stereocenters. The number of pyridine rings is 1. The molecule has 2 heterocycles. The second-order valence-electron chi connectivity index (χ2n) is 10.2. The van der Waals surface area contributed by atoms with Gasteiger partial charge in [0.2, 0.25) is 0 Å². The van der Waals surface area contributed by atoms with E-state index in [4.69, 9.17) is 4.98 Å². The maximum atomic E-state index is 13.7. The van der Waals surface area contributed by atoms with Crippen LogP contribution in [0, 0.1) is 0 Å². The Bertz CT molecular complexity index is 1320. The molecule has 0 saturated heterocycles. The molecule has 1 aliphatic heterocycles. The zero-order chi connectivity index (χ0) is 23.7. The summed E-state index contributed by atoms with van der Waals surface area (Å²) in [5.74, 6) is -0.0695. The molecular formula is C30H31N3O. The lowest BCUT2D eigenvalue weighted by Crippen LogP contribution is -2.32. The quantitative estimate of drug-likeness (QED) is 0.395. The molecule has 4 nitrogen and oxygen atoms in total. The molecule has 172 valence electrons. The molecule has 5 rings (SSSR count). The highest BCUT2D eigenvalue weighted by Gasteiger charge is 2.26. The number of para-hydroxylation sites is 1. The average Bonchev–Trinajstić information content (AvgIpc) is 2.83. The lowest BCUT2D eigenvalue weighted by Gasteiger charge is -2.30. The van der Waals surface area contributed by atoms with Crippen molar-refractivity contribution < 1.29 is 4.79 Å². The molecule has 1 N–H and O–H groups in total. The van der Waals surface area contributed by atoms with Crippen LogP contribution >= 0.6 is 0 Å². The molecule has 1 aliphatic rings. The zero-order valence-electron chi connectivity index (χ0n) is 20.1. The van der Waals surface area contributed by atoms with E-state index in [1.54, 1.807) is 0 Å². The average molecular weight is 450 g/mol. The van der Waals surface area contributed by atoms with Gasteiger partial charge in [-0.05, 0) is 34.7 Å². The van der Waals surface area contributed by atoms with Crippen molar-refractivity contribution in [1.29, 1.82) is 0 Å². The number of rotatable bonds is 4. The SMILES string of the molecule is CC(C)(C)c1ccc(NC(=O)c2c3c(nc4ccccc24)CCN(Cc2ccccc2)C3)cc1. The molecule has 0 fully saturated rings. The highest BCUT2D eigenvalue weighted by molar-refractivity contribution is 6.13. The van der Waals surface area contributed by atoms with Crippen LogP contribution in [0.25, 0.3) is 10.9 Å². The van der Waals surface area contributed by atoms with E-state index < -0.39 is 0 Å². The minimum Gasteiger partial charge on any atom is -0.322 e. The molecule has 34 heavy (non-hydrogen) atoms. The highest BCUT2D eigenvalue weighted by Crippen LogP contribution is 2.30. The number of carbonyl (C=O) groups excluding carboxylic acids is 1. The van der Waals surface area contributed by atoms with Crippen molar-refractivity contribution in [1.82, 2.24) is 9.88 Å². The van der Waals surface area contributed by atoms with Crippen LogP contribution in [0.5, 0.6) is 0 Å². The van der Waals surface area contributed by atoms with Gasteiger partial charge in [0, 0.05) is 48.4 Å². The number of benzene rings is 3. The highest BCUT2D eigenvalue weighted by atomic mass is 16.1. The third-order valence-corrected chi connectivity index (χ3v) is 6.61. The first-order valence-corrected chi connectivity index (χ1v) is 12.0. The van der Waals surface area contributed by atoms with Crippen LogP contribution in [0.2, 0.25) is 0 Å². The van der Waals surface area contributed by atoms with Gasteiger partial charge in [-0.1, -0.05) is 81.4 Å². The van der Waals surface area contributed by atoms with E-state index in [1.807, 2.05) is 42.5 Å². The molecule has 1 aromatic heterocycles. The summed E-state index contributed by atoms with van der Waals surface area (Å²) < 4.78 is 0. The van der Waals surface area contributed by atoms with Gasteiger partial charge >= 0.3 is 0 Å². The molecule has 0 bridgehead atoms. The minimum atomic E-state index is -0.0695. The largest absolute Gasteiger partial charge is 0.322 e. The van der Waals surface area contributed by atoms with Crippen molar-refractivity contribution in [3.05, 3.63) is 107 Å². The second-order valence-corrected chi connectivity index (χ2v) is 10.2. The number of carbonyl (C=O) groups is 1. The van der Waals surface area contributed by atoms with Gasteiger partial charge in [-0.15, -0.1) is 0 Å².